The van der Waals surface area contributed by atoms with Crippen LogP contribution in [0, 0.1) is 0 Å². The topological polar surface area (TPSA) is 80.3 Å². The van der Waals surface area contributed by atoms with Crippen molar-refractivity contribution in [2.75, 3.05) is 20.8 Å². The van der Waals surface area contributed by atoms with Gasteiger partial charge in [-0.05, 0) is 30.2 Å². The van der Waals surface area contributed by atoms with Crippen molar-refractivity contribution >= 4 is 0 Å². The Kier molecular flexibility index (Phi) is 6.13. The second kappa shape index (κ2) is 9.14. The minimum Gasteiger partial charge on any atom is -0.493 e. The molecule has 0 bridgehead atoms. The van der Waals surface area contributed by atoms with Crippen molar-refractivity contribution in [3.8, 4) is 22.9 Å². The van der Waals surface area contributed by atoms with E-state index in [-0.39, 0.29) is 5.56 Å². The molecule has 31 heavy (non-hydrogen) atoms. The van der Waals surface area contributed by atoms with Gasteiger partial charge in [0.05, 0.1) is 25.5 Å². The number of H-pyrrole nitrogens is 1. The van der Waals surface area contributed by atoms with Crippen LogP contribution < -0.4 is 15.0 Å². The van der Waals surface area contributed by atoms with Gasteiger partial charge in [-0.15, -0.1) is 6.58 Å². The summed E-state index contributed by atoms with van der Waals surface area (Å²) in [6.45, 7) is 5.91. The van der Waals surface area contributed by atoms with Gasteiger partial charge in [0.15, 0.2) is 11.5 Å². The van der Waals surface area contributed by atoms with Crippen LogP contribution in [-0.2, 0) is 25.9 Å². The molecular weight excluding hydrogens is 392 g/mol. The van der Waals surface area contributed by atoms with Crippen molar-refractivity contribution in [1.82, 2.24) is 19.9 Å². The number of rotatable bonds is 7. The molecule has 2 aromatic heterocycles. The Morgan fingerprint density at radius 1 is 1.29 bits per heavy atom. The Morgan fingerprint density at radius 2 is 2.16 bits per heavy atom. The smallest absolute Gasteiger partial charge is 0.255 e. The molecule has 1 N–H and O–H groups in total. The van der Waals surface area contributed by atoms with E-state index in [1.54, 1.807) is 26.6 Å². The van der Waals surface area contributed by atoms with Crippen LogP contribution in [0.3, 0.4) is 0 Å². The van der Waals surface area contributed by atoms with E-state index >= 15 is 0 Å². The Labute approximate surface area is 181 Å². The molecule has 4 rings (SSSR count). The van der Waals surface area contributed by atoms with E-state index in [1.807, 2.05) is 24.3 Å². The van der Waals surface area contributed by atoms with Gasteiger partial charge in [-0.1, -0.05) is 12.1 Å². The number of aromatic nitrogens is 3. The fraction of sp³-hybridized carbons (Fsp3) is 0.292. The van der Waals surface area contributed by atoms with Gasteiger partial charge in [-0.25, -0.2) is 4.98 Å². The van der Waals surface area contributed by atoms with E-state index in [0.717, 1.165) is 46.7 Å². The number of benzene rings is 1. The van der Waals surface area contributed by atoms with E-state index < -0.39 is 0 Å². The van der Waals surface area contributed by atoms with Gasteiger partial charge in [0.2, 0.25) is 0 Å². The summed E-state index contributed by atoms with van der Waals surface area (Å²) in [5, 5.41) is 0. The lowest BCUT2D eigenvalue weighted by Crippen LogP contribution is -2.35. The molecule has 1 aliphatic heterocycles. The predicted octanol–water partition coefficient (Wildman–Crippen LogP) is 3.14. The Hall–Kier alpha value is -3.45. The quantitative estimate of drug-likeness (QED) is 0.594. The van der Waals surface area contributed by atoms with Crippen LogP contribution in [0.15, 0.2) is 54.1 Å². The van der Waals surface area contributed by atoms with Gasteiger partial charge >= 0.3 is 0 Å². The third-order valence-corrected chi connectivity index (χ3v) is 5.47. The molecular formula is C24H26N4O3. The van der Waals surface area contributed by atoms with Gasteiger partial charge in [-0.3, -0.25) is 14.7 Å². The van der Waals surface area contributed by atoms with Gasteiger partial charge in [0, 0.05) is 49.6 Å². The number of hydrogen-bond donors (Lipinski definition) is 1. The summed E-state index contributed by atoms with van der Waals surface area (Å²) in [5.41, 5.74) is 4.45. The lowest BCUT2D eigenvalue weighted by Gasteiger charge is -2.28. The van der Waals surface area contributed by atoms with Crippen LogP contribution in [0.2, 0.25) is 0 Å². The van der Waals surface area contributed by atoms with E-state index in [4.69, 9.17) is 14.5 Å². The maximum absolute atomic E-state index is 12.8. The molecule has 0 spiro atoms. The highest BCUT2D eigenvalue weighted by atomic mass is 16.5. The molecule has 3 heterocycles. The minimum atomic E-state index is -0.0896. The summed E-state index contributed by atoms with van der Waals surface area (Å²) >= 11 is 0. The Balaban J connectivity index is 1.58. The van der Waals surface area contributed by atoms with Crippen molar-refractivity contribution in [1.29, 1.82) is 0 Å². The molecule has 7 nitrogen and oxygen atoms in total. The second-order valence-corrected chi connectivity index (χ2v) is 7.53. The van der Waals surface area contributed by atoms with Crippen molar-refractivity contribution < 1.29 is 9.47 Å². The standard InChI is InChI=1S/C24H26N4O3/c1-4-6-17-11-16(12-21(30-2)22(17)31-3)14-28-10-8-20-19(15-28)24(29)27-23(26-20)18-7-5-9-25-13-18/h4-5,7,9,11-13H,1,6,8,10,14-15H2,2-3H3,(H,26,27,29). The first-order chi connectivity index (χ1) is 15.1. The van der Waals surface area contributed by atoms with Crippen molar-refractivity contribution in [2.24, 2.45) is 0 Å². The van der Waals surface area contributed by atoms with Gasteiger partial charge < -0.3 is 14.5 Å². The van der Waals surface area contributed by atoms with Crippen LogP contribution in [0.25, 0.3) is 11.4 Å². The zero-order valence-corrected chi connectivity index (χ0v) is 17.9. The molecule has 0 radical (unpaired) electrons. The highest BCUT2D eigenvalue weighted by Crippen LogP contribution is 2.34. The first-order valence-electron chi connectivity index (χ1n) is 10.2. The Morgan fingerprint density at radius 3 is 2.87 bits per heavy atom. The number of aromatic amines is 1. The van der Waals surface area contributed by atoms with Crippen molar-refractivity contribution in [3.05, 3.63) is 82.1 Å². The molecule has 7 heteroatoms. The first-order valence-corrected chi connectivity index (χ1v) is 10.2. The highest BCUT2D eigenvalue weighted by Gasteiger charge is 2.22. The van der Waals surface area contributed by atoms with Gasteiger partial charge in [-0.2, -0.15) is 0 Å². The molecule has 160 valence electrons. The summed E-state index contributed by atoms with van der Waals surface area (Å²) < 4.78 is 11.1. The maximum Gasteiger partial charge on any atom is 0.255 e. The van der Waals surface area contributed by atoms with Crippen LogP contribution in [0.4, 0.5) is 0 Å². The molecule has 3 aromatic rings. The number of hydrogen-bond acceptors (Lipinski definition) is 6. The van der Waals surface area contributed by atoms with Crippen LogP contribution in [-0.4, -0.2) is 40.6 Å². The maximum atomic E-state index is 12.8. The lowest BCUT2D eigenvalue weighted by molar-refractivity contribution is 0.241. The zero-order chi connectivity index (χ0) is 21.8. The summed E-state index contributed by atoms with van der Waals surface area (Å²) in [4.78, 5) is 26.8. The molecule has 1 aromatic carbocycles. The Bertz CT molecular complexity index is 1140. The molecule has 0 aliphatic carbocycles. The van der Waals surface area contributed by atoms with Crippen LogP contribution in [0.5, 0.6) is 11.5 Å². The molecule has 0 amide bonds. The monoisotopic (exact) mass is 418 g/mol. The normalized spacial score (nSPS) is 13.5. The average molecular weight is 418 g/mol. The van der Waals surface area contributed by atoms with E-state index in [1.165, 1.54) is 0 Å². The summed E-state index contributed by atoms with van der Waals surface area (Å²) in [6, 6.07) is 7.84. The summed E-state index contributed by atoms with van der Waals surface area (Å²) in [6.07, 6.45) is 6.67. The predicted molar refractivity (Wildman–Crippen MR) is 119 cm³/mol. The average Bonchev–Trinajstić information content (AvgIpc) is 2.80. The SMILES string of the molecule is C=CCc1cc(CN2CCc3nc(-c4cccnc4)[nH]c(=O)c3C2)cc(OC)c1OC. The van der Waals surface area contributed by atoms with Crippen LogP contribution >= 0.6 is 0 Å². The van der Waals surface area contributed by atoms with E-state index in [9.17, 15) is 4.79 Å². The molecule has 0 fully saturated rings. The summed E-state index contributed by atoms with van der Waals surface area (Å²) in [5.74, 6) is 2.01. The molecule has 0 atom stereocenters. The lowest BCUT2D eigenvalue weighted by atomic mass is 10.0. The number of pyridine rings is 1. The van der Waals surface area contributed by atoms with Gasteiger partial charge in [0.25, 0.3) is 5.56 Å². The second-order valence-electron chi connectivity index (χ2n) is 7.53. The molecule has 0 saturated heterocycles. The third-order valence-electron chi connectivity index (χ3n) is 5.47. The number of nitrogens with zero attached hydrogens (tertiary/aromatic N) is 3. The molecule has 1 aliphatic rings. The van der Waals surface area contributed by atoms with E-state index in [2.05, 4.69) is 27.5 Å². The zero-order valence-electron chi connectivity index (χ0n) is 17.9. The third kappa shape index (κ3) is 4.36. The molecule has 0 saturated carbocycles. The van der Waals surface area contributed by atoms with Crippen LogP contribution in [0.1, 0.15) is 22.4 Å². The number of allylic oxidation sites excluding steroid dienone is 1. The fourth-order valence-electron chi connectivity index (χ4n) is 4.02. The first kappa shape index (κ1) is 20.8. The van der Waals surface area contributed by atoms with Crippen molar-refractivity contribution in [3.63, 3.8) is 0 Å². The number of nitrogens with one attached hydrogen (secondary N) is 1. The largest absolute Gasteiger partial charge is 0.493 e. The highest BCUT2D eigenvalue weighted by molar-refractivity contribution is 5.53. The van der Waals surface area contributed by atoms with E-state index in [0.29, 0.717) is 31.1 Å². The van der Waals surface area contributed by atoms with Crippen molar-refractivity contribution in [2.45, 2.75) is 25.9 Å². The number of ether oxygens (including phenoxy) is 2. The number of methoxy groups -OCH3 is 2. The molecule has 0 unspecified atom stereocenters. The summed E-state index contributed by atoms with van der Waals surface area (Å²) in [7, 11) is 3.28. The fourth-order valence-corrected chi connectivity index (χ4v) is 4.02. The van der Waals surface area contributed by atoms with Gasteiger partial charge in [0.1, 0.15) is 5.82 Å². The number of fused-ring (bicyclic) bond motifs is 1. The minimum absolute atomic E-state index is 0.0896.